The molecule has 0 amide bonds. The van der Waals surface area contributed by atoms with Gasteiger partial charge in [-0.25, -0.2) is 4.98 Å². The Hall–Kier alpha value is -3.03. The van der Waals surface area contributed by atoms with E-state index < -0.39 is 0 Å². The standard InChI is InChI=1S/C22H21N5OS/c1-26-12-16(20(25-26)15-6-3-2-4-7-15)13-27-10-9-18-17(14-27)22(28)24-21(23-18)19-8-5-11-29-19/h2-8,11-12H,9-10,13-14H2,1H3,(H,23,24,28). The van der Waals surface area contributed by atoms with E-state index in [0.717, 1.165) is 46.9 Å². The minimum absolute atomic E-state index is 0.0300. The molecule has 5 rings (SSSR count). The molecule has 7 heteroatoms. The van der Waals surface area contributed by atoms with Crippen LogP contribution >= 0.6 is 11.3 Å². The molecule has 0 saturated heterocycles. The van der Waals surface area contributed by atoms with Crippen molar-refractivity contribution in [3.8, 4) is 22.0 Å². The molecule has 29 heavy (non-hydrogen) atoms. The van der Waals surface area contributed by atoms with Crippen LogP contribution in [0.4, 0.5) is 0 Å². The van der Waals surface area contributed by atoms with Gasteiger partial charge in [0.1, 0.15) is 0 Å². The lowest BCUT2D eigenvalue weighted by Crippen LogP contribution is -2.35. The summed E-state index contributed by atoms with van der Waals surface area (Å²) in [7, 11) is 1.95. The van der Waals surface area contributed by atoms with Crippen molar-refractivity contribution < 1.29 is 0 Å². The lowest BCUT2D eigenvalue weighted by atomic mass is 10.0. The fraction of sp³-hybridized carbons (Fsp3) is 0.227. The van der Waals surface area contributed by atoms with E-state index in [-0.39, 0.29) is 5.56 Å². The molecule has 1 aromatic carbocycles. The van der Waals surface area contributed by atoms with Crippen LogP contribution in [-0.2, 0) is 26.6 Å². The second-order valence-electron chi connectivity index (χ2n) is 7.32. The van der Waals surface area contributed by atoms with Crippen LogP contribution in [0.15, 0.2) is 58.8 Å². The number of hydrogen-bond acceptors (Lipinski definition) is 5. The fourth-order valence-corrected chi connectivity index (χ4v) is 4.55. The number of hydrogen-bond donors (Lipinski definition) is 1. The van der Waals surface area contributed by atoms with E-state index >= 15 is 0 Å². The van der Waals surface area contributed by atoms with Gasteiger partial charge in [0.15, 0.2) is 5.82 Å². The Labute approximate surface area is 172 Å². The first-order valence-corrected chi connectivity index (χ1v) is 10.5. The molecule has 1 N–H and O–H groups in total. The fourth-order valence-electron chi connectivity index (χ4n) is 3.88. The predicted octanol–water partition coefficient (Wildman–Crippen LogP) is 3.46. The van der Waals surface area contributed by atoms with Crippen molar-refractivity contribution in [2.24, 2.45) is 7.05 Å². The SMILES string of the molecule is Cn1cc(CN2CCc3nc(-c4cccs4)[nH]c(=O)c3C2)c(-c2ccccc2)n1. The third kappa shape index (κ3) is 3.54. The molecule has 6 nitrogen and oxygen atoms in total. The third-order valence-corrected chi connectivity index (χ3v) is 6.12. The lowest BCUT2D eigenvalue weighted by Gasteiger charge is -2.27. The summed E-state index contributed by atoms with van der Waals surface area (Å²) in [6.45, 7) is 2.23. The van der Waals surface area contributed by atoms with Gasteiger partial charge in [0.25, 0.3) is 5.56 Å². The van der Waals surface area contributed by atoms with E-state index in [1.807, 2.05) is 47.4 Å². The van der Waals surface area contributed by atoms with Gasteiger partial charge in [0.05, 0.1) is 21.8 Å². The van der Waals surface area contributed by atoms with Gasteiger partial charge in [0, 0.05) is 50.4 Å². The molecule has 0 aliphatic carbocycles. The van der Waals surface area contributed by atoms with Gasteiger partial charge in [-0.05, 0) is 11.4 Å². The molecule has 1 aliphatic rings. The zero-order valence-electron chi connectivity index (χ0n) is 16.1. The van der Waals surface area contributed by atoms with Crippen molar-refractivity contribution in [1.82, 2.24) is 24.6 Å². The van der Waals surface area contributed by atoms with Crippen LogP contribution < -0.4 is 5.56 Å². The Morgan fingerprint density at radius 1 is 1.17 bits per heavy atom. The van der Waals surface area contributed by atoms with Gasteiger partial charge >= 0.3 is 0 Å². The zero-order valence-corrected chi connectivity index (χ0v) is 16.9. The quantitative estimate of drug-likeness (QED) is 0.567. The Balaban J connectivity index is 1.41. The smallest absolute Gasteiger partial charge is 0.255 e. The van der Waals surface area contributed by atoms with Crippen molar-refractivity contribution in [3.05, 3.63) is 81.2 Å². The van der Waals surface area contributed by atoms with E-state index in [2.05, 4.69) is 33.3 Å². The van der Waals surface area contributed by atoms with Crippen LogP contribution in [0.3, 0.4) is 0 Å². The maximum absolute atomic E-state index is 12.7. The molecule has 0 fully saturated rings. The molecule has 146 valence electrons. The predicted molar refractivity (Wildman–Crippen MR) is 115 cm³/mol. The highest BCUT2D eigenvalue weighted by Gasteiger charge is 2.23. The average molecular weight is 404 g/mol. The molecule has 0 atom stereocenters. The number of aromatic amines is 1. The number of thiophene rings is 1. The summed E-state index contributed by atoms with van der Waals surface area (Å²) in [4.78, 5) is 23.7. The minimum atomic E-state index is -0.0300. The first-order chi connectivity index (χ1) is 14.2. The minimum Gasteiger partial charge on any atom is -0.306 e. The topological polar surface area (TPSA) is 66.8 Å². The summed E-state index contributed by atoms with van der Waals surface area (Å²) < 4.78 is 1.86. The molecule has 4 aromatic rings. The molecular weight excluding hydrogens is 382 g/mol. The van der Waals surface area contributed by atoms with Gasteiger partial charge < -0.3 is 4.98 Å². The molecule has 0 unspecified atom stereocenters. The molecule has 4 heterocycles. The molecule has 0 bridgehead atoms. The highest BCUT2D eigenvalue weighted by Crippen LogP contribution is 2.26. The number of aryl methyl sites for hydroxylation is 1. The number of rotatable bonds is 4. The van der Waals surface area contributed by atoms with E-state index in [0.29, 0.717) is 12.4 Å². The first kappa shape index (κ1) is 18.0. The number of aromatic nitrogens is 4. The second-order valence-corrected chi connectivity index (χ2v) is 8.27. The highest BCUT2D eigenvalue weighted by atomic mass is 32.1. The molecule has 1 aliphatic heterocycles. The third-order valence-electron chi connectivity index (χ3n) is 5.25. The van der Waals surface area contributed by atoms with Crippen LogP contribution in [0.5, 0.6) is 0 Å². The lowest BCUT2D eigenvalue weighted by molar-refractivity contribution is 0.242. The van der Waals surface area contributed by atoms with E-state index in [1.165, 1.54) is 5.56 Å². The van der Waals surface area contributed by atoms with Gasteiger partial charge in [0.2, 0.25) is 0 Å². The number of nitrogens with zero attached hydrogens (tertiary/aromatic N) is 4. The van der Waals surface area contributed by atoms with Crippen molar-refractivity contribution >= 4 is 11.3 Å². The average Bonchev–Trinajstić information content (AvgIpc) is 3.39. The van der Waals surface area contributed by atoms with Crippen LogP contribution in [0.25, 0.3) is 22.0 Å². The summed E-state index contributed by atoms with van der Waals surface area (Å²) in [5.41, 5.74) is 4.95. The summed E-state index contributed by atoms with van der Waals surface area (Å²) in [5, 5.41) is 6.65. The summed E-state index contributed by atoms with van der Waals surface area (Å²) in [6.07, 6.45) is 2.85. The van der Waals surface area contributed by atoms with Crippen LogP contribution in [0.2, 0.25) is 0 Å². The maximum Gasteiger partial charge on any atom is 0.255 e. The molecular formula is C22H21N5OS. The normalized spacial score (nSPS) is 14.1. The van der Waals surface area contributed by atoms with Crippen LogP contribution in [0.1, 0.15) is 16.8 Å². The molecule has 3 aromatic heterocycles. The zero-order chi connectivity index (χ0) is 19.8. The highest BCUT2D eigenvalue weighted by molar-refractivity contribution is 7.13. The molecule has 0 radical (unpaired) electrons. The van der Waals surface area contributed by atoms with E-state index in [4.69, 9.17) is 4.98 Å². The van der Waals surface area contributed by atoms with Gasteiger partial charge in [-0.15, -0.1) is 11.3 Å². The Bertz CT molecular complexity index is 1190. The first-order valence-electron chi connectivity index (χ1n) is 9.63. The van der Waals surface area contributed by atoms with Crippen molar-refractivity contribution in [3.63, 3.8) is 0 Å². The van der Waals surface area contributed by atoms with Crippen molar-refractivity contribution in [2.45, 2.75) is 19.5 Å². The second kappa shape index (κ2) is 7.42. The van der Waals surface area contributed by atoms with E-state index in [1.54, 1.807) is 11.3 Å². The van der Waals surface area contributed by atoms with Crippen molar-refractivity contribution in [1.29, 1.82) is 0 Å². The van der Waals surface area contributed by atoms with Gasteiger partial charge in [-0.3, -0.25) is 14.4 Å². The number of benzene rings is 1. The van der Waals surface area contributed by atoms with Crippen molar-refractivity contribution in [2.75, 3.05) is 6.54 Å². The molecule has 0 spiro atoms. The van der Waals surface area contributed by atoms with Crippen LogP contribution in [-0.4, -0.2) is 31.2 Å². The van der Waals surface area contributed by atoms with Gasteiger partial charge in [-0.2, -0.15) is 5.10 Å². The summed E-state index contributed by atoms with van der Waals surface area (Å²) >= 11 is 1.59. The van der Waals surface area contributed by atoms with Gasteiger partial charge in [-0.1, -0.05) is 36.4 Å². The Morgan fingerprint density at radius 3 is 2.83 bits per heavy atom. The monoisotopic (exact) mass is 403 g/mol. The van der Waals surface area contributed by atoms with Crippen LogP contribution in [0, 0.1) is 0 Å². The number of nitrogens with one attached hydrogen (secondary N) is 1. The number of fused-ring (bicyclic) bond motifs is 1. The number of H-pyrrole nitrogens is 1. The largest absolute Gasteiger partial charge is 0.306 e. The maximum atomic E-state index is 12.7. The Morgan fingerprint density at radius 2 is 2.03 bits per heavy atom. The van der Waals surface area contributed by atoms with E-state index in [9.17, 15) is 4.79 Å². The summed E-state index contributed by atoms with van der Waals surface area (Å²) in [6, 6.07) is 14.2. The molecule has 0 saturated carbocycles. The summed E-state index contributed by atoms with van der Waals surface area (Å²) in [5.74, 6) is 0.677. The Kier molecular flexibility index (Phi) is 4.61.